The van der Waals surface area contributed by atoms with Crippen molar-refractivity contribution in [1.29, 1.82) is 0 Å². The van der Waals surface area contributed by atoms with Crippen molar-refractivity contribution >= 4 is 17.5 Å². The van der Waals surface area contributed by atoms with Gasteiger partial charge in [0.2, 0.25) is 5.91 Å². The molecule has 4 fully saturated rings. The second kappa shape index (κ2) is 4.38. The molecule has 4 aliphatic rings. The quantitative estimate of drug-likeness (QED) is 0.630. The Balaban J connectivity index is 1.72. The van der Waals surface area contributed by atoms with Crippen LogP contribution >= 0.6 is 11.6 Å². The molecule has 4 heteroatoms. The minimum Gasteiger partial charge on any atom is -0.383 e. The predicted octanol–water partition coefficient (Wildman–Crippen LogP) is 2.33. The van der Waals surface area contributed by atoms with Crippen molar-refractivity contribution in [2.75, 3.05) is 20.3 Å². The van der Waals surface area contributed by atoms with Crippen LogP contribution in [0.3, 0.4) is 0 Å². The van der Waals surface area contributed by atoms with Gasteiger partial charge in [0.15, 0.2) is 0 Å². The lowest BCUT2D eigenvalue weighted by Crippen LogP contribution is -2.58. The number of ether oxygens (including phenoxy) is 1. The number of halogens is 1. The van der Waals surface area contributed by atoms with E-state index < -0.39 is 0 Å². The molecule has 102 valence electrons. The Kier molecular flexibility index (Phi) is 3.10. The van der Waals surface area contributed by atoms with Crippen LogP contribution in [0, 0.1) is 17.3 Å². The molecule has 4 saturated carbocycles. The number of alkyl halides is 1. The summed E-state index contributed by atoms with van der Waals surface area (Å²) in [4.78, 5) is 12.4. The summed E-state index contributed by atoms with van der Waals surface area (Å²) in [5, 5.41) is 3.04. The number of rotatable bonds is 4. The summed E-state index contributed by atoms with van der Waals surface area (Å²) >= 11 is 6.72. The van der Waals surface area contributed by atoms with E-state index in [0.29, 0.717) is 25.0 Å². The van der Waals surface area contributed by atoms with Gasteiger partial charge in [-0.05, 0) is 50.4 Å². The minimum atomic E-state index is -0.167. The maximum absolute atomic E-state index is 12.5. The molecule has 18 heavy (non-hydrogen) atoms. The van der Waals surface area contributed by atoms with E-state index in [9.17, 15) is 4.79 Å². The van der Waals surface area contributed by atoms with E-state index in [2.05, 4.69) is 5.32 Å². The van der Waals surface area contributed by atoms with Crippen molar-refractivity contribution in [2.45, 2.75) is 43.4 Å². The molecule has 0 aliphatic heterocycles. The topological polar surface area (TPSA) is 38.3 Å². The maximum atomic E-state index is 12.5. The highest BCUT2D eigenvalue weighted by molar-refractivity contribution is 6.24. The highest BCUT2D eigenvalue weighted by Gasteiger charge is 2.59. The molecule has 1 N–H and O–H groups in total. The van der Waals surface area contributed by atoms with Crippen molar-refractivity contribution in [1.82, 2.24) is 5.32 Å². The lowest BCUT2D eigenvalue weighted by molar-refractivity contribution is -0.144. The van der Waals surface area contributed by atoms with E-state index in [0.717, 1.165) is 32.1 Å². The number of hydrogen-bond acceptors (Lipinski definition) is 2. The van der Waals surface area contributed by atoms with Crippen molar-refractivity contribution in [3.8, 4) is 0 Å². The summed E-state index contributed by atoms with van der Waals surface area (Å²) < 4.78 is 4.99. The Labute approximate surface area is 114 Å². The van der Waals surface area contributed by atoms with Crippen LogP contribution in [0.2, 0.25) is 0 Å². The zero-order chi connectivity index (χ0) is 12.8. The normalized spacial score (nSPS) is 45.2. The molecule has 4 bridgehead atoms. The fraction of sp³-hybridized carbons (Fsp3) is 0.929. The van der Waals surface area contributed by atoms with E-state index in [1.54, 1.807) is 7.11 Å². The first-order valence-corrected chi connectivity index (χ1v) is 7.39. The highest BCUT2D eigenvalue weighted by Crippen LogP contribution is 2.63. The van der Waals surface area contributed by atoms with Crippen LogP contribution in [0.25, 0.3) is 0 Å². The molecule has 0 radical (unpaired) electrons. The van der Waals surface area contributed by atoms with E-state index in [1.165, 1.54) is 6.42 Å². The van der Waals surface area contributed by atoms with Crippen LogP contribution in [0.1, 0.15) is 38.5 Å². The number of carbonyl (C=O) groups excluding carboxylic acids is 1. The third-order valence-corrected chi connectivity index (χ3v) is 5.51. The van der Waals surface area contributed by atoms with Gasteiger partial charge in [0.1, 0.15) is 0 Å². The molecule has 0 unspecified atom stereocenters. The van der Waals surface area contributed by atoms with E-state index >= 15 is 0 Å². The van der Waals surface area contributed by atoms with Crippen LogP contribution < -0.4 is 5.32 Å². The summed E-state index contributed by atoms with van der Waals surface area (Å²) in [6.45, 7) is 1.20. The Hall–Kier alpha value is -0.280. The van der Waals surface area contributed by atoms with Gasteiger partial charge in [0.25, 0.3) is 0 Å². The van der Waals surface area contributed by atoms with Crippen molar-refractivity contribution in [3.63, 3.8) is 0 Å². The lowest BCUT2D eigenvalue weighted by atomic mass is 9.49. The van der Waals surface area contributed by atoms with Gasteiger partial charge in [-0.15, -0.1) is 11.6 Å². The number of hydrogen-bond donors (Lipinski definition) is 1. The first-order valence-electron chi connectivity index (χ1n) is 7.01. The zero-order valence-electron chi connectivity index (χ0n) is 11.0. The molecular formula is C14H22ClNO2. The molecule has 3 nitrogen and oxygen atoms in total. The number of nitrogens with one attached hydrogen (secondary N) is 1. The summed E-state index contributed by atoms with van der Waals surface area (Å²) in [6, 6.07) is 0. The van der Waals surface area contributed by atoms with E-state index in [-0.39, 0.29) is 16.2 Å². The van der Waals surface area contributed by atoms with Crippen LogP contribution in [-0.2, 0) is 9.53 Å². The highest BCUT2D eigenvalue weighted by atomic mass is 35.5. The van der Waals surface area contributed by atoms with Crippen LogP contribution in [0.4, 0.5) is 0 Å². The largest absolute Gasteiger partial charge is 0.383 e. The summed E-state index contributed by atoms with van der Waals surface area (Å²) in [6.07, 6.45) is 6.53. The minimum absolute atomic E-state index is 0.0807. The fourth-order valence-electron chi connectivity index (χ4n) is 4.87. The second-order valence-electron chi connectivity index (χ2n) is 6.64. The van der Waals surface area contributed by atoms with E-state index in [4.69, 9.17) is 16.3 Å². The second-order valence-corrected chi connectivity index (χ2v) is 7.44. The SMILES string of the molecule is COCCNC(=O)C12C[C@@H]3C[C@H](CC(Cl)(C3)C1)C2. The first kappa shape index (κ1) is 12.7. The molecule has 0 heterocycles. The number of amides is 1. The monoisotopic (exact) mass is 271 g/mol. The zero-order valence-corrected chi connectivity index (χ0v) is 11.8. The molecule has 0 aromatic rings. The third kappa shape index (κ3) is 2.05. The molecule has 0 aromatic carbocycles. The molecule has 4 aliphatic carbocycles. The molecule has 0 saturated heterocycles. The third-order valence-electron chi connectivity index (χ3n) is 5.06. The van der Waals surface area contributed by atoms with Crippen LogP contribution in [0.5, 0.6) is 0 Å². The lowest BCUT2D eigenvalue weighted by Gasteiger charge is -2.59. The molecule has 0 spiro atoms. The molecular weight excluding hydrogens is 250 g/mol. The molecule has 1 amide bonds. The van der Waals surface area contributed by atoms with Gasteiger partial charge in [-0.3, -0.25) is 4.79 Å². The summed E-state index contributed by atoms with van der Waals surface area (Å²) in [5.41, 5.74) is -0.167. The van der Waals surface area contributed by atoms with Gasteiger partial charge in [0.05, 0.1) is 12.0 Å². The van der Waals surface area contributed by atoms with Crippen LogP contribution in [0.15, 0.2) is 0 Å². The van der Waals surface area contributed by atoms with Crippen molar-refractivity contribution < 1.29 is 9.53 Å². The van der Waals surface area contributed by atoms with Gasteiger partial charge < -0.3 is 10.1 Å². The van der Waals surface area contributed by atoms with Gasteiger partial charge in [-0.1, -0.05) is 0 Å². The number of methoxy groups -OCH3 is 1. The Morgan fingerprint density at radius 1 is 1.33 bits per heavy atom. The van der Waals surface area contributed by atoms with Crippen molar-refractivity contribution in [3.05, 3.63) is 0 Å². The molecule has 2 atom stereocenters. The van der Waals surface area contributed by atoms with Gasteiger partial charge >= 0.3 is 0 Å². The number of carbonyl (C=O) groups is 1. The van der Waals surface area contributed by atoms with E-state index in [1.807, 2.05) is 0 Å². The Morgan fingerprint density at radius 2 is 2.00 bits per heavy atom. The Bertz CT molecular complexity index is 344. The first-order chi connectivity index (χ1) is 8.55. The molecule has 0 aromatic heterocycles. The van der Waals surface area contributed by atoms with Gasteiger partial charge in [-0.25, -0.2) is 0 Å². The van der Waals surface area contributed by atoms with Gasteiger partial charge in [-0.2, -0.15) is 0 Å². The fourth-order valence-corrected chi connectivity index (χ4v) is 5.56. The average Bonchev–Trinajstić information content (AvgIpc) is 2.25. The predicted molar refractivity (Wildman–Crippen MR) is 70.6 cm³/mol. The Morgan fingerprint density at radius 3 is 2.56 bits per heavy atom. The van der Waals surface area contributed by atoms with Crippen molar-refractivity contribution in [2.24, 2.45) is 17.3 Å². The molecule has 4 rings (SSSR count). The van der Waals surface area contributed by atoms with Crippen LogP contribution in [-0.4, -0.2) is 31.0 Å². The summed E-state index contributed by atoms with van der Waals surface area (Å²) in [7, 11) is 1.66. The standard InChI is InChI=1S/C14H22ClNO2/c1-18-3-2-16-12(17)13-5-10-4-11(6-13)8-14(15,7-10)9-13/h10-11H,2-9H2,1H3,(H,16,17)/t10-,11-,13?,14?/m0/s1. The maximum Gasteiger partial charge on any atom is 0.226 e. The smallest absolute Gasteiger partial charge is 0.226 e. The summed E-state index contributed by atoms with van der Waals surface area (Å²) in [5.74, 6) is 1.58. The average molecular weight is 272 g/mol. The van der Waals surface area contributed by atoms with Gasteiger partial charge in [0, 0.05) is 18.5 Å².